The lowest BCUT2D eigenvalue weighted by Crippen LogP contribution is -2.23. The molecule has 1 aromatic carbocycles. The van der Waals surface area contributed by atoms with Gasteiger partial charge in [0, 0.05) is 10.7 Å². The van der Waals surface area contributed by atoms with E-state index in [1.807, 2.05) is 11.3 Å². The standard InChI is InChI=1S/C19H25NS/c1-2-12-20-18(14-15-7-4-3-5-8-15)17-10-6-9-16-11-13-21-19(16)17/h6-7,9-11,13,18,20H,2-5,8,12,14H2,1H3. The Kier molecular flexibility index (Phi) is 5.10. The summed E-state index contributed by atoms with van der Waals surface area (Å²) in [7, 11) is 0. The van der Waals surface area contributed by atoms with Gasteiger partial charge in [-0.05, 0) is 67.5 Å². The monoisotopic (exact) mass is 299 g/mol. The number of thiophene rings is 1. The molecule has 1 unspecified atom stereocenters. The predicted octanol–water partition coefficient (Wildman–Crippen LogP) is 5.83. The molecule has 0 radical (unpaired) electrons. The van der Waals surface area contributed by atoms with Gasteiger partial charge in [-0.3, -0.25) is 0 Å². The lowest BCUT2D eigenvalue weighted by molar-refractivity contribution is 0.514. The van der Waals surface area contributed by atoms with Gasteiger partial charge >= 0.3 is 0 Å². The van der Waals surface area contributed by atoms with Crippen LogP contribution in [0.15, 0.2) is 41.3 Å². The molecule has 0 fully saturated rings. The first kappa shape index (κ1) is 14.8. The van der Waals surface area contributed by atoms with Crippen LogP contribution >= 0.6 is 11.3 Å². The van der Waals surface area contributed by atoms with Gasteiger partial charge < -0.3 is 5.32 Å². The van der Waals surface area contributed by atoms with Crippen LogP contribution in [0, 0.1) is 0 Å². The zero-order chi connectivity index (χ0) is 14.5. The average molecular weight is 299 g/mol. The zero-order valence-electron chi connectivity index (χ0n) is 12.9. The van der Waals surface area contributed by atoms with E-state index < -0.39 is 0 Å². The number of nitrogens with one attached hydrogen (secondary N) is 1. The topological polar surface area (TPSA) is 12.0 Å². The van der Waals surface area contributed by atoms with Crippen LogP contribution in [0.4, 0.5) is 0 Å². The lowest BCUT2D eigenvalue weighted by atomic mass is 9.91. The van der Waals surface area contributed by atoms with Crippen molar-refractivity contribution >= 4 is 21.4 Å². The summed E-state index contributed by atoms with van der Waals surface area (Å²) in [6, 6.07) is 9.46. The molecule has 21 heavy (non-hydrogen) atoms. The second kappa shape index (κ2) is 7.24. The molecule has 1 aliphatic rings. The normalized spacial score (nSPS) is 16.9. The van der Waals surface area contributed by atoms with Crippen LogP contribution in [0.2, 0.25) is 0 Å². The number of hydrogen-bond donors (Lipinski definition) is 1. The van der Waals surface area contributed by atoms with Crippen molar-refractivity contribution in [3.63, 3.8) is 0 Å². The Morgan fingerprint density at radius 2 is 2.19 bits per heavy atom. The second-order valence-electron chi connectivity index (χ2n) is 6.01. The maximum Gasteiger partial charge on any atom is 0.0390 e. The quantitative estimate of drug-likeness (QED) is 0.661. The highest BCUT2D eigenvalue weighted by Crippen LogP contribution is 2.33. The molecule has 2 aromatic rings. The van der Waals surface area contributed by atoms with Crippen LogP contribution < -0.4 is 5.32 Å². The largest absolute Gasteiger partial charge is 0.310 e. The van der Waals surface area contributed by atoms with E-state index in [-0.39, 0.29) is 0 Å². The van der Waals surface area contributed by atoms with E-state index in [2.05, 4.69) is 48.0 Å². The fourth-order valence-corrected chi connectivity index (χ4v) is 4.22. The molecule has 0 amide bonds. The number of allylic oxidation sites excluding steroid dienone is 1. The molecule has 1 N–H and O–H groups in total. The minimum absolute atomic E-state index is 0.469. The SMILES string of the molecule is CCCNC(CC1=CCCCC1)c1cccc2ccsc12. The van der Waals surface area contributed by atoms with Crippen LogP contribution in [0.5, 0.6) is 0 Å². The Labute approximate surface area is 132 Å². The van der Waals surface area contributed by atoms with E-state index in [4.69, 9.17) is 0 Å². The van der Waals surface area contributed by atoms with Crippen molar-refractivity contribution in [3.05, 3.63) is 46.9 Å². The van der Waals surface area contributed by atoms with Gasteiger partial charge in [0.1, 0.15) is 0 Å². The summed E-state index contributed by atoms with van der Waals surface area (Å²) in [5.74, 6) is 0. The fourth-order valence-electron chi connectivity index (χ4n) is 3.25. The van der Waals surface area contributed by atoms with Crippen LogP contribution in [-0.2, 0) is 0 Å². The summed E-state index contributed by atoms with van der Waals surface area (Å²) in [6.07, 6.45) is 10.2. The first-order valence-electron chi connectivity index (χ1n) is 8.26. The van der Waals surface area contributed by atoms with Gasteiger partial charge in [0.05, 0.1) is 0 Å². The maximum absolute atomic E-state index is 3.78. The van der Waals surface area contributed by atoms with Crippen molar-refractivity contribution in [2.24, 2.45) is 0 Å². The molecule has 0 saturated heterocycles. The molecular weight excluding hydrogens is 274 g/mol. The first-order chi connectivity index (χ1) is 10.4. The molecule has 0 saturated carbocycles. The summed E-state index contributed by atoms with van der Waals surface area (Å²) in [6.45, 7) is 3.34. The molecule has 1 nitrogen and oxygen atoms in total. The van der Waals surface area contributed by atoms with Crippen molar-refractivity contribution in [3.8, 4) is 0 Å². The summed E-state index contributed by atoms with van der Waals surface area (Å²) in [4.78, 5) is 0. The van der Waals surface area contributed by atoms with Gasteiger partial charge in [-0.1, -0.05) is 36.8 Å². The van der Waals surface area contributed by atoms with E-state index in [0.717, 1.165) is 6.54 Å². The molecule has 1 heterocycles. The predicted molar refractivity (Wildman–Crippen MR) is 94.0 cm³/mol. The van der Waals surface area contributed by atoms with Crippen molar-refractivity contribution in [2.45, 2.75) is 51.5 Å². The zero-order valence-corrected chi connectivity index (χ0v) is 13.7. The van der Waals surface area contributed by atoms with Crippen molar-refractivity contribution < 1.29 is 0 Å². The molecule has 1 atom stereocenters. The van der Waals surface area contributed by atoms with Gasteiger partial charge in [0.2, 0.25) is 0 Å². The fraction of sp³-hybridized carbons (Fsp3) is 0.474. The third-order valence-electron chi connectivity index (χ3n) is 4.38. The van der Waals surface area contributed by atoms with Crippen molar-refractivity contribution in [1.29, 1.82) is 0 Å². The Balaban J connectivity index is 1.87. The minimum atomic E-state index is 0.469. The summed E-state index contributed by atoms with van der Waals surface area (Å²) in [5.41, 5.74) is 3.14. The minimum Gasteiger partial charge on any atom is -0.310 e. The molecule has 0 spiro atoms. The van der Waals surface area contributed by atoms with Crippen molar-refractivity contribution in [1.82, 2.24) is 5.32 Å². The molecule has 3 rings (SSSR count). The molecular formula is C19H25NS. The number of hydrogen-bond acceptors (Lipinski definition) is 2. The van der Waals surface area contributed by atoms with Gasteiger partial charge in [0.15, 0.2) is 0 Å². The number of rotatable bonds is 6. The second-order valence-corrected chi connectivity index (χ2v) is 6.92. The Bertz CT molecular complexity index is 611. The van der Waals surface area contributed by atoms with Gasteiger partial charge in [-0.2, -0.15) is 0 Å². The third-order valence-corrected chi connectivity index (χ3v) is 5.36. The molecule has 1 aliphatic carbocycles. The first-order valence-corrected chi connectivity index (χ1v) is 9.14. The maximum atomic E-state index is 3.78. The van der Waals surface area contributed by atoms with Crippen molar-refractivity contribution in [2.75, 3.05) is 6.54 Å². The van der Waals surface area contributed by atoms with E-state index >= 15 is 0 Å². The highest BCUT2D eigenvalue weighted by atomic mass is 32.1. The van der Waals surface area contributed by atoms with Crippen LogP contribution in [-0.4, -0.2) is 6.54 Å². The summed E-state index contributed by atoms with van der Waals surface area (Å²) in [5, 5.41) is 7.38. The molecule has 0 bridgehead atoms. The Morgan fingerprint density at radius 3 is 3.00 bits per heavy atom. The average Bonchev–Trinajstić information content (AvgIpc) is 3.01. The van der Waals surface area contributed by atoms with Crippen LogP contribution in [0.1, 0.15) is 57.1 Å². The smallest absolute Gasteiger partial charge is 0.0390 e. The van der Waals surface area contributed by atoms with Crippen LogP contribution in [0.25, 0.3) is 10.1 Å². The summed E-state index contributed by atoms with van der Waals surface area (Å²) < 4.78 is 1.46. The van der Waals surface area contributed by atoms with Gasteiger partial charge in [-0.15, -0.1) is 11.3 Å². The third kappa shape index (κ3) is 3.56. The van der Waals surface area contributed by atoms with E-state index in [9.17, 15) is 0 Å². The summed E-state index contributed by atoms with van der Waals surface area (Å²) >= 11 is 1.88. The van der Waals surface area contributed by atoms with Crippen LogP contribution in [0.3, 0.4) is 0 Å². The lowest BCUT2D eigenvalue weighted by Gasteiger charge is -2.23. The van der Waals surface area contributed by atoms with E-state index in [1.54, 1.807) is 5.57 Å². The molecule has 2 heteroatoms. The Hall–Kier alpha value is -1.12. The van der Waals surface area contributed by atoms with E-state index in [0.29, 0.717) is 6.04 Å². The highest BCUT2D eigenvalue weighted by Gasteiger charge is 2.17. The number of fused-ring (bicyclic) bond motifs is 1. The molecule has 1 aromatic heterocycles. The Morgan fingerprint density at radius 1 is 1.24 bits per heavy atom. The number of benzene rings is 1. The molecule has 0 aliphatic heterocycles. The highest BCUT2D eigenvalue weighted by molar-refractivity contribution is 7.17. The van der Waals surface area contributed by atoms with Gasteiger partial charge in [-0.25, -0.2) is 0 Å². The van der Waals surface area contributed by atoms with E-state index in [1.165, 1.54) is 54.2 Å². The van der Waals surface area contributed by atoms with Gasteiger partial charge in [0.25, 0.3) is 0 Å². The molecule has 112 valence electrons.